The van der Waals surface area contributed by atoms with Gasteiger partial charge in [-0.05, 0) is 36.4 Å². The molecule has 1 N–H and O–H groups in total. The van der Waals surface area contributed by atoms with Gasteiger partial charge in [0.05, 0.1) is 5.92 Å². The number of rotatable bonds is 3. The number of hydrogen-bond donors (Lipinski definition) is 1. The number of anilines is 2. The van der Waals surface area contributed by atoms with Gasteiger partial charge in [0, 0.05) is 56.6 Å². The molecule has 8 heteroatoms. The largest absolute Gasteiger partial charge is 0.508 e. The second kappa shape index (κ2) is 8.02. The standard InChI is InChI=1S/C23H25N3O5/c27-19-4-1-17(2-5-19)24-7-9-25(10-8-24)23(29)16-13-22(28)26(15-16)18-3-6-20-21(14-18)31-12-11-30-20/h1-6,14,16,27H,7-13,15H2/t16-/m0/s1. The van der Waals surface area contributed by atoms with Crippen molar-refractivity contribution >= 4 is 23.2 Å². The van der Waals surface area contributed by atoms with E-state index in [1.54, 1.807) is 17.0 Å². The number of amides is 2. The molecule has 0 radical (unpaired) electrons. The molecule has 1 atom stereocenters. The Morgan fingerprint density at radius 1 is 0.903 bits per heavy atom. The highest BCUT2D eigenvalue weighted by Crippen LogP contribution is 2.36. The Hall–Kier alpha value is -3.42. The van der Waals surface area contributed by atoms with Gasteiger partial charge in [0.15, 0.2) is 11.5 Å². The first-order chi connectivity index (χ1) is 15.1. The van der Waals surface area contributed by atoms with E-state index in [1.807, 2.05) is 35.2 Å². The quantitative estimate of drug-likeness (QED) is 0.812. The van der Waals surface area contributed by atoms with E-state index in [2.05, 4.69) is 4.90 Å². The highest BCUT2D eigenvalue weighted by Gasteiger charge is 2.38. The number of phenolic OH excluding ortho intramolecular Hbond substituents is 1. The van der Waals surface area contributed by atoms with Crippen LogP contribution in [0.1, 0.15) is 6.42 Å². The van der Waals surface area contributed by atoms with Gasteiger partial charge in [-0.15, -0.1) is 0 Å². The smallest absolute Gasteiger partial charge is 0.228 e. The number of phenols is 1. The van der Waals surface area contributed by atoms with Gasteiger partial charge in [-0.1, -0.05) is 0 Å². The fraction of sp³-hybridized carbons (Fsp3) is 0.391. The van der Waals surface area contributed by atoms with Gasteiger partial charge in [-0.3, -0.25) is 9.59 Å². The van der Waals surface area contributed by atoms with Crippen molar-refractivity contribution in [1.29, 1.82) is 0 Å². The molecule has 0 bridgehead atoms. The molecule has 2 amide bonds. The van der Waals surface area contributed by atoms with Crippen molar-refractivity contribution in [3.8, 4) is 17.2 Å². The molecule has 2 saturated heterocycles. The third kappa shape index (κ3) is 3.85. The summed E-state index contributed by atoms with van der Waals surface area (Å²) in [4.78, 5) is 31.5. The van der Waals surface area contributed by atoms with E-state index < -0.39 is 0 Å². The molecule has 162 valence electrons. The molecular formula is C23H25N3O5. The summed E-state index contributed by atoms with van der Waals surface area (Å²) in [5, 5.41) is 9.46. The number of nitrogens with zero attached hydrogens (tertiary/aromatic N) is 3. The van der Waals surface area contributed by atoms with Crippen LogP contribution in [0, 0.1) is 5.92 Å². The van der Waals surface area contributed by atoms with Crippen LogP contribution in [0.2, 0.25) is 0 Å². The van der Waals surface area contributed by atoms with Crippen LogP contribution in [0.5, 0.6) is 17.2 Å². The minimum atomic E-state index is -0.332. The first kappa shape index (κ1) is 19.5. The zero-order valence-electron chi connectivity index (χ0n) is 17.2. The molecule has 0 unspecified atom stereocenters. The normalized spacial score (nSPS) is 20.8. The van der Waals surface area contributed by atoms with E-state index in [-0.39, 0.29) is 29.9 Å². The van der Waals surface area contributed by atoms with Crippen molar-refractivity contribution in [2.24, 2.45) is 5.92 Å². The summed E-state index contributed by atoms with van der Waals surface area (Å²) in [6, 6.07) is 12.6. The highest BCUT2D eigenvalue weighted by molar-refractivity contribution is 6.00. The van der Waals surface area contributed by atoms with Gasteiger partial charge in [0.2, 0.25) is 11.8 Å². The van der Waals surface area contributed by atoms with Gasteiger partial charge < -0.3 is 29.3 Å². The Morgan fingerprint density at radius 2 is 1.58 bits per heavy atom. The lowest BCUT2D eigenvalue weighted by atomic mass is 10.1. The van der Waals surface area contributed by atoms with Crippen LogP contribution in [-0.2, 0) is 9.59 Å². The molecule has 3 aliphatic heterocycles. The minimum absolute atomic E-state index is 0.0405. The summed E-state index contributed by atoms with van der Waals surface area (Å²) in [5.74, 6) is 1.22. The molecule has 31 heavy (non-hydrogen) atoms. The van der Waals surface area contributed by atoms with E-state index in [1.165, 1.54) is 0 Å². The van der Waals surface area contributed by atoms with Crippen LogP contribution in [0.3, 0.4) is 0 Å². The zero-order chi connectivity index (χ0) is 21.4. The Bertz CT molecular complexity index is 985. The first-order valence-electron chi connectivity index (χ1n) is 10.6. The van der Waals surface area contributed by atoms with E-state index in [4.69, 9.17) is 9.47 Å². The number of carbonyl (C=O) groups is 2. The van der Waals surface area contributed by atoms with E-state index in [9.17, 15) is 14.7 Å². The highest BCUT2D eigenvalue weighted by atomic mass is 16.6. The maximum Gasteiger partial charge on any atom is 0.228 e. The molecular weight excluding hydrogens is 398 g/mol. The summed E-state index contributed by atoms with van der Waals surface area (Å²) in [6.45, 7) is 4.08. The molecule has 2 fully saturated rings. The van der Waals surface area contributed by atoms with E-state index in [0.29, 0.717) is 44.3 Å². The Morgan fingerprint density at radius 3 is 2.32 bits per heavy atom. The second-order valence-electron chi connectivity index (χ2n) is 8.06. The molecule has 0 aromatic heterocycles. The first-order valence-corrected chi connectivity index (χ1v) is 10.6. The lowest BCUT2D eigenvalue weighted by molar-refractivity contribution is -0.136. The van der Waals surface area contributed by atoms with Crippen LogP contribution >= 0.6 is 0 Å². The van der Waals surface area contributed by atoms with Crippen molar-refractivity contribution in [3.63, 3.8) is 0 Å². The molecule has 3 heterocycles. The molecule has 0 spiro atoms. The molecule has 0 aliphatic carbocycles. The van der Waals surface area contributed by atoms with Gasteiger partial charge in [0.25, 0.3) is 0 Å². The molecule has 2 aromatic carbocycles. The Labute approximate surface area is 180 Å². The van der Waals surface area contributed by atoms with Gasteiger partial charge >= 0.3 is 0 Å². The van der Waals surface area contributed by atoms with Crippen molar-refractivity contribution in [3.05, 3.63) is 42.5 Å². The molecule has 5 rings (SSSR count). The van der Waals surface area contributed by atoms with Crippen LogP contribution in [0.25, 0.3) is 0 Å². The fourth-order valence-corrected chi connectivity index (χ4v) is 4.43. The van der Waals surface area contributed by atoms with E-state index in [0.717, 1.165) is 24.5 Å². The SMILES string of the molecule is O=C([C@H]1CC(=O)N(c2ccc3c(c2)OCCO3)C1)N1CCN(c2ccc(O)cc2)CC1. The fourth-order valence-electron chi connectivity index (χ4n) is 4.43. The summed E-state index contributed by atoms with van der Waals surface area (Å²) < 4.78 is 11.2. The van der Waals surface area contributed by atoms with Crippen molar-refractivity contribution in [2.45, 2.75) is 6.42 Å². The number of carbonyl (C=O) groups excluding carboxylic acids is 2. The minimum Gasteiger partial charge on any atom is -0.508 e. The average Bonchev–Trinajstić information content (AvgIpc) is 3.20. The van der Waals surface area contributed by atoms with Gasteiger partial charge in [-0.2, -0.15) is 0 Å². The molecule has 2 aromatic rings. The lowest BCUT2D eigenvalue weighted by Gasteiger charge is -2.37. The molecule has 3 aliphatic rings. The molecule has 0 saturated carbocycles. The van der Waals surface area contributed by atoms with Crippen molar-refractivity contribution in [1.82, 2.24) is 4.90 Å². The zero-order valence-corrected chi connectivity index (χ0v) is 17.2. The maximum atomic E-state index is 13.1. The number of fused-ring (bicyclic) bond motifs is 1. The number of ether oxygens (including phenoxy) is 2. The summed E-state index contributed by atoms with van der Waals surface area (Å²) in [6.07, 6.45) is 0.228. The van der Waals surface area contributed by atoms with Crippen LogP contribution < -0.4 is 19.3 Å². The number of aromatic hydroxyl groups is 1. The monoisotopic (exact) mass is 423 g/mol. The van der Waals surface area contributed by atoms with Crippen molar-refractivity contribution in [2.75, 3.05) is 55.7 Å². The maximum absolute atomic E-state index is 13.1. The van der Waals surface area contributed by atoms with Crippen LogP contribution in [-0.4, -0.2) is 67.8 Å². The number of benzene rings is 2. The third-order valence-electron chi connectivity index (χ3n) is 6.12. The lowest BCUT2D eigenvalue weighted by Crippen LogP contribution is -2.50. The molecule has 8 nitrogen and oxygen atoms in total. The summed E-state index contributed by atoms with van der Waals surface area (Å²) in [7, 11) is 0. The van der Waals surface area contributed by atoms with Crippen molar-refractivity contribution < 1.29 is 24.2 Å². The third-order valence-corrected chi connectivity index (χ3v) is 6.12. The Kier molecular flexibility index (Phi) is 5.05. The summed E-state index contributed by atoms with van der Waals surface area (Å²) >= 11 is 0. The number of hydrogen-bond acceptors (Lipinski definition) is 6. The second-order valence-corrected chi connectivity index (χ2v) is 8.06. The predicted octanol–water partition coefficient (Wildman–Crippen LogP) is 1.87. The summed E-state index contributed by atoms with van der Waals surface area (Å²) in [5.41, 5.74) is 1.77. The Balaban J connectivity index is 1.21. The predicted molar refractivity (Wildman–Crippen MR) is 115 cm³/mol. The number of piperazine rings is 1. The van der Waals surface area contributed by atoms with E-state index >= 15 is 0 Å². The van der Waals surface area contributed by atoms with Crippen LogP contribution in [0.15, 0.2) is 42.5 Å². The van der Waals surface area contributed by atoms with Crippen LogP contribution in [0.4, 0.5) is 11.4 Å². The van der Waals surface area contributed by atoms with Gasteiger partial charge in [-0.25, -0.2) is 0 Å². The van der Waals surface area contributed by atoms with Gasteiger partial charge in [0.1, 0.15) is 19.0 Å². The topological polar surface area (TPSA) is 82.6 Å². The average molecular weight is 423 g/mol.